The lowest BCUT2D eigenvalue weighted by Crippen LogP contribution is -2.25. The summed E-state index contributed by atoms with van der Waals surface area (Å²) in [5.74, 6) is 2.39. The molecular formula is C33H30F6N6S2. The number of thiophene rings is 2. The van der Waals surface area contributed by atoms with Gasteiger partial charge in [0.2, 0.25) is 0 Å². The van der Waals surface area contributed by atoms with Crippen LogP contribution < -0.4 is 10.2 Å². The zero-order valence-corrected chi connectivity index (χ0v) is 27.5. The largest absolute Gasteiger partial charge is 0.416 e. The maximum atomic E-state index is 13.3. The van der Waals surface area contributed by atoms with Gasteiger partial charge in [0.15, 0.2) is 5.82 Å². The lowest BCUT2D eigenvalue weighted by atomic mass is 10.00. The van der Waals surface area contributed by atoms with Gasteiger partial charge in [-0.2, -0.15) is 26.3 Å². The van der Waals surface area contributed by atoms with Gasteiger partial charge in [0.05, 0.1) is 43.6 Å². The smallest absolute Gasteiger partial charge is 0.362 e. The van der Waals surface area contributed by atoms with Crippen molar-refractivity contribution in [3.05, 3.63) is 105 Å². The molecule has 0 aliphatic heterocycles. The number of anilines is 2. The quantitative estimate of drug-likeness (QED) is 0.176. The summed E-state index contributed by atoms with van der Waals surface area (Å²) in [7, 11) is 1.76. The van der Waals surface area contributed by atoms with Gasteiger partial charge in [-0.05, 0) is 73.8 Å². The van der Waals surface area contributed by atoms with E-state index in [1.807, 2.05) is 22.9 Å². The number of aromatic nitrogens is 4. The minimum Gasteiger partial charge on any atom is -0.362 e. The van der Waals surface area contributed by atoms with Gasteiger partial charge in [-0.1, -0.05) is 36.4 Å². The molecule has 0 amide bonds. The van der Waals surface area contributed by atoms with Crippen LogP contribution in [0, 0.1) is 13.8 Å². The molecule has 0 bridgehead atoms. The second kappa shape index (κ2) is 13.4. The summed E-state index contributed by atoms with van der Waals surface area (Å²) < 4.78 is 81.1. The highest BCUT2D eigenvalue weighted by molar-refractivity contribution is 7.18. The van der Waals surface area contributed by atoms with Gasteiger partial charge in [-0.3, -0.25) is 0 Å². The van der Waals surface area contributed by atoms with Crippen LogP contribution in [0.25, 0.3) is 20.4 Å². The number of aryl methyl sites for hydroxylation is 2. The molecule has 2 atom stereocenters. The van der Waals surface area contributed by atoms with Crippen LogP contribution in [0.4, 0.5) is 38.0 Å². The fourth-order valence-electron chi connectivity index (χ4n) is 5.20. The van der Waals surface area contributed by atoms with Gasteiger partial charge in [0, 0.05) is 7.05 Å². The summed E-state index contributed by atoms with van der Waals surface area (Å²) in [6.45, 7) is 6.99. The van der Waals surface area contributed by atoms with E-state index >= 15 is 0 Å². The molecule has 6 nitrogen and oxygen atoms in total. The summed E-state index contributed by atoms with van der Waals surface area (Å²) in [4.78, 5) is 19.2. The number of benzene rings is 2. The first-order chi connectivity index (χ1) is 22.1. The number of nitrogens with one attached hydrogen (secondary N) is 1. The van der Waals surface area contributed by atoms with E-state index in [1.165, 1.54) is 46.9 Å². The number of halogens is 6. The second-order valence-electron chi connectivity index (χ2n) is 10.8. The van der Waals surface area contributed by atoms with E-state index in [9.17, 15) is 26.3 Å². The van der Waals surface area contributed by atoms with E-state index < -0.39 is 35.6 Å². The van der Waals surface area contributed by atoms with Gasteiger partial charge in [-0.25, -0.2) is 19.9 Å². The average molecular weight is 689 g/mol. The number of alkyl halides is 6. The van der Waals surface area contributed by atoms with Crippen LogP contribution >= 0.6 is 22.7 Å². The molecule has 14 heteroatoms. The van der Waals surface area contributed by atoms with Crippen LogP contribution in [0.2, 0.25) is 0 Å². The first-order valence-corrected chi connectivity index (χ1v) is 16.2. The van der Waals surface area contributed by atoms with E-state index in [0.29, 0.717) is 23.3 Å². The molecule has 1 N–H and O–H groups in total. The van der Waals surface area contributed by atoms with Crippen molar-refractivity contribution < 1.29 is 26.3 Å². The lowest BCUT2D eigenvalue weighted by Gasteiger charge is -2.29. The number of nitrogens with zero attached hydrogens (tertiary/aromatic N) is 5. The maximum absolute atomic E-state index is 13.3. The number of hydrogen-bond acceptors (Lipinski definition) is 8. The SMILES string of the molecule is Cc1nc(N(C)C(C)c2ccccc2C(F)(F)F)c2sccc2n1.Cc1nc(NC(C)c2ccccc2C(F)(F)F)c2sccc2n1. The molecule has 4 heterocycles. The maximum Gasteiger partial charge on any atom is 0.416 e. The Balaban J connectivity index is 0.000000185. The second-order valence-corrected chi connectivity index (χ2v) is 12.6. The Morgan fingerprint density at radius 3 is 1.74 bits per heavy atom. The van der Waals surface area contributed by atoms with Crippen molar-refractivity contribution in [3.63, 3.8) is 0 Å². The summed E-state index contributed by atoms with van der Waals surface area (Å²) in [5.41, 5.74) is 0.784. The van der Waals surface area contributed by atoms with Crippen LogP contribution in [0.15, 0.2) is 71.4 Å². The Hall–Kier alpha value is -4.30. The Bertz CT molecular complexity index is 2000. The number of fused-ring (bicyclic) bond motifs is 2. The summed E-state index contributed by atoms with van der Waals surface area (Å²) in [6, 6.07) is 14.0. The van der Waals surface area contributed by atoms with E-state index in [4.69, 9.17) is 0 Å². The molecule has 2 aromatic carbocycles. The van der Waals surface area contributed by atoms with Crippen molar-refractivity contribution in [2.75, 3.05) is 17.3 Å². The van der Waals surface area contributed by atoms with E-state index in [0.717, 1.165) is 32.6 Å². The Kier molecular flexibility index (Phi) is 9.73. The van der Waals surface area contributed by atoms with Crippen molar-refractivity contribution in [1.29, 1.82) is 0 Å². The van der Waals surface area contributed by atoms with Gasteiger partial charge < -0.3 is 10.2 Å². The Morgan fingerprint density at radius 1 is 0.660 bits per heavy atom. The molecule has 0 fully saturated rings. The number of rotatable bonds is 6. The molecule has 0 spiro atoms. The molecule has 4 aromatic heterocycles. The third kappa shape index (κ3) is 7.49. The van der Waals surface area contributed by atoms with Gasteiger partial charge in [0.1, 0.15) is 17.5 Å². The van der Waals surface area contributed by atoms with Gasteiger partial charge >= 0.3 is 12.4 Å². The van der Waals surface area contributed by atoms with Crippen LogP contribution in [0.3, 0.4) is 0 Å². The molecule has 0 aliphatic rings. The molecule has 6 aromatic rings. The van der Waals surface area contributed by atoms with Crippen molar-refractivity contribution in [2.45, 2.75) is 52.1 Å². The zero-order valence-electron chi connectivity index (χ0n) is 25.9. The number of hydrogen-bond donors (Lipinski definition) is 1. The summed E-state index contributed by atoms with van der Waals surface area (Å²) in [6.07, 6.45) is -8.77. The van der Waals surface area contributed by atoms with Crippen molar-refractivity contribution >= 4 is 54.7 Å². The highest BCUT2D eigenvalue weighted by atomic mass is 32.1. The van der Waals surface area contributed by atoms with Gasteiger partial charge in [-0.15, -0.1) is 22.7 Å². The molecule has 6 rings (SSSR count). The van der Waals surface area contributed by atoms with E-state index in [2.05, 4.69) is 25.3 Å². The fourth-order valence-corrected chi connectivity index (χ4v) is 6.85. The predicted molar refractivity (Wildman–Crippen MR) is 176 cm³/mol. The highest BCUT2D eigenvalue weighted by Crippen LogP contribution is 2.39. The molecule has 246 valence electrons. The van der Waals surface area contributed by atoms with Crippen LogP contribution in [-0.2, 0) is 12.4 Å². The normalized spacial score (nSPS) is 13.3. The Labute approximate surface area is 275 Å². The van der Waals surface area contributed by atoms with Crippen molar-refractivity contribution in [1.82, 2.24) is 19.9 Å². The molecule has 0 aliphatic carbocycles. The summed E-state index contributed by atoms with van der Waals surface area (Å²) >= 11 is 2.94. The van der Waals surface area contributed by atoms with E-state index in [1.54, 1.807) is 51.8 Å². The first kappa shape index (κ1) is 34.0. The molecule has 47 heavy (non-hydrogen) atoms. The van der Waals surface area contributed by atoms with Crippen molar-refractivity contribution in [2.24, 2.45) is 0 Å². The standard InChI is InChI=1S/C17H16F3N3S.C16H14F3N3S/c1-10(12-6-4-5-7-13(12)17(18,19)20)23(3)16-15-14(8-9-24-15)21-11(2)22-16;1-9(11-5-3-4-6-12(11)16(17,18)19)20-15-14-13(7-8-23-14)21-10(2)22-15/h4-10H,1-3H3;3-9H,1-2H3,(H,20,21,22). The Morgan fingerprint density at radius 2 is 1.15 bits per heavy atom. The fraction of sp³-hybridized carbons (Fsp3) is 0.273. The zero-order chi connectivity index (χ0) is 34.1. The van der Waals surface area contributed by atoms with Crippen LogP contribution in [0.5, 0.6) is 0 Å². The highest BCUT2D eigenvalue weighted by Gasteiger charge is 2.36. The molecule has 0 saturated heterocycles. The topological polar surface area (TPSA) is 66.8 Å². The van der Waals surface area contributed by atoms with E-state index in [-0.39, 0.29) is 11.1 Å². The van der Waals surface area contributed by atoms with Gasteiger partial charge in [0.25, 0.3) is 0 Å². The monoisotopic (exact) mass is 688 g/mol. The first-order valence-electron chi connectivity index (χ1n) is 14.4. The summed E-state index contributed by atoms with van der Waals surface area (Å²) in [5, 5.41) is 6.89. The average Bonchev–Trinajstić information content (AvgIpc) is 3.69. The molecule has 0 radical (unpaired) electrons. The molecular weight excluding hydrogens is 659 g/mol. The van der Waals surface area contributed by atoms with Crippen molar-refractivity contribution in [3.8, 4) is 0 Å². The molecule has 2 unspecified atom stereocenters. The van der Waals surface area contributed by atoms with Crippen LogP contribution in [-0.4, -0.2) is 27.0 Å². The lowest BCUT2D eigenvalue weighted by molar-refractivity contribution is -0.139. The predicted octanol–water partition coefficient (Wildman–Crippen LogP) is 10.4. The minimum absolute atomic E-state index is 0.195. The van der Waals surface area contributed by atoms with Crippen LogP contribution in [0.1, 0.15) is 59.8 Å². The molecule has 0 saturated carbocycles. The third-order valence-electron chi connectivity index (χ3n) is 7.53. The minimum atomic E-state index is -4.38. The third-order valence-corrected chi connectivity index (χ3v) is 9.34.